The fourth-order valence-corrected chi connectivity index (χ4v) is 1.73. The van der Waals surface area contributed by atoms with Crippen LogP contribution in [0.15, 0.2) is 42.5 Å². The van der Waals surface area contributed by atoms with Crippen LogP contribution < -0.4 is 4.74 Å². The maximum Gasteiger partial charge on any atom is 0.335 e. The van der Waals surface area contributed by atoms with Crippen molar-refractivity contribution in [1.82, 2.24) is 0 Å². The van der Waals surface area contributed by atoms with Crippen molar-refractivity contribution in [3.05, 3.63) is 65.0 Å². The molecule has 0 heterocycles. The van der Waals surface area contributed by atoms with E-state index in [2.05, 4.69) is 0 Å². The van der Waals surface area contributed by atoms with Crippen LogP contribution in [0.25, 0.3) is 0 Å². The van der Waals surface area contributed by atoms with Gasteiger partial charge in [0.1, 0.15) is 18.2 Å². The van der Waals surface area contributed by atoms with Gasteiger partial charge in [0.2, 0.25) is 0 Å². The lowest BCUT2D eigenvalue weighted by molar-refractivity contribution is 0.0696. The van der Waals surface area contributed by atoms with E-state index in [0.717, 1.165) is 11.1 Å². The van der Waals surface area contributed by atoms with E-state index >= 15 is 0 Å². The number of rotatable bonds is 4. The summed E-state index contributed by atoms with van der Waals surface area (Å²) in [6.45, 7) is 2.01. The largest absolute Gasteiger partial charge is 0.489 e. The van der Waals surface area contributed by atoms with Crippen LogP contribution in [0.4, 0.5) is 4.39 Å². The molecular formula is C15H13FO3. The molecule has 19 heavy (non-hydrogen) atoms. The van der Waals surface area contributed by atoms with Gasteiger partial charge in [0.25, 0.3) is 0 Å². The molecule has 0 aromatic heterocycles. The topological polar surface area (TPSA) is 46.5 Å². The first kappa shape index (κ1) is 13.1. The minimum absolute atomic E-state index is 0.218. The van der Waals surface area contributed by atoms with E-state index in [0.29, 0.717) is 5.75 Å². The summed E-state index contributed by atoms with van der Waals surface area (Å²) in [4.78, 5) is 10.8. The molecule has 2 aromatic carbocycles. The van der Waals surface area contributed by atoms with E-state index in [1.807, 2.05) is 0 Å². The first-order valence-electron chi connectivity index (χ1n) is 5.77. The van der Waals surface area contributed by atoms with Gasteiger partial charge in [-0.2, -0.15) is 0 Å². The zero-order valence-corrected chi connectivity index (χ0v) is 10.4. The van der Waals surface area contributed by atoms with Crippen LogP contribution in [0.5, 0.6) is 5.75 Å². The maximum atomic E-state index is 13.0. The third kappa shape index (κ3) is 3.31. The molecule has 0 amide bonds. The van der Waals surface area contributed by atoms with Crippen LogP contribution in [0.3, 0.4) is 0 Å². The number of carboxylic acid groups (broad SMARTS) is 1. The summed E-state index contributed by atoms with van der Waals surface area (Å²) < 4.78 is 18.5. The zero-order chi connectivity index (χ0) is 13.8. The van der Waals surface area contributed by atoms with Crippen molar-refractivity contribution < 1.29 is 19.0 Å². The quantitative estimate of drug-likeness (QED) is 0.916. The molecule has 0 atom stereocenters. The number of halogens is 1. The van der Waals surface area contributed by atoms with E-state index in [-0.39, 0.29) is 18.0 Å². The molecule has 2 rings (SSSR count). The molecule has 0 aliphatic heterocycles. The van der Waals surface area contributed by atoms with Crippen LogP contribution in [0.1, 0.15) is 21.5 Å². The molecule has 1 N–H and O–H groups in total. The molecule has 0 bridgehead atoms. The standard InChI is InChI=1S/C15H13FO3/c1-10-7-12(15(17)18)5-6-14(10)19-9-11-3-2-4-13(16)8-11/h2-8H,9H2,1H3,(H,17,18). The second kappa shape index (κ2) is 5.52. The molecular weight excluding hydrogens is 247 g/mol. The molecule has 0 aliphatic carbocycles. The summed E-state index contributed by atoms with van der Waals surface area (Å²) in [6, 6.07) is 10.8. The van der Waals surface area contributed by atoms with Crippen LogP contribution in [-0.2, 0) is 6.61 Å². The summed E-state index contributed by atoms with van der Waals surface area (Å²) in [6.07, 6.45) is 0. The number of aryl methyl sites for hydroxylation is 1. The number of ether oxygens (including phenoxy) is 1. The SMILES string of the molecule is Cc1cc(C(=O)O)ccc1OCc1cccc(F)c1. The van der Waals surface area contributed by atoms with Gasteiger partial charge < -0.3 is 9.84 Å². The molecule has 98 valence electrons. The highest BCUT2D eigenvalue weighted by atomic mass is 19.1. The number of hydrogen-bond acceptors (Lipinski definition) is 2. The summed E-state index contributed by atoms with van der Waals surface area (Å²) in [5.74, 6) is -0.687. The Morgan fingerprint density at radius 2 is 2.05 bits per heavy atom. The van der Waals surface area contributed by atoms with Crippen LogP contribution in [0, 0.1) is 12.7 Å². The number of aromatic carboxylic acids is 1. The summed E-state index contributed by atoms with van der Waals surface area (Å²) in [7, 11) is 0. The molecule has 0 saturated carbocycles. The third-order valence-corrected chi connectivity index (χ3v) is 2.71. The fourth-order valence-electron chi connectivity index (χ4n) is 1.73. The second-order valence-electron chi connectivity index (χ2n) is 4.20. The molecule has 0 unspecified atom stereocenters. The Morgan fingerprint density at radius 1 is 1.26 bits per heavy atom. The molecule has 0 radical (unpaired) electrons. The van der Waals surface area contributed by atoms with Crippen molar-refractivity contribution >= 4 is 5.97 Å². The molecule has 0 spiro atoms. The molecule has 4 heteroatoms. The van der Waals surface area contributed by atoms with Gasteiger partial charge in [-0.05, 0) is 48.4 Å². The summed E-state index contributed by atoms with van der Waals surface area (Å²) in [5.41, 5.74) is 1.67. The minimum atomic E-state index is -0.972. The van der Waals surface area contributed by atoms with Crippen molar-refractivity contribution in [2.24, 2.45) is 0 Å². The first-order valence-corrected chi connectivity index (χ1v) is 5.77. The van der Waals surface area contributed by atoms with Crippen molar-refractivity contribution in [3.63, 3.8) is 0 Å². The Bertz CT molecular complexity index is 608. The average molecular weight is 260 g/mol. The molecule has 3 nitrogen and oxygen atoms in total. The average Bonchev–Trinajstić information content (AvgIpc) is 2.37. The summed E-state index contributed by atoms with van der Waals surface area (Å²) >= 11 is 0. The minimum Gasteiger partial charge on any atom is -0.489 e. The van der Waals surface area contributed by atoms with Gasteiger partial charge in [-0.25, -0.2) is 9.18 Å². The molecule has 2 aromatic rings. The van der Waals surface area contributed by atoms with Crippen molar-refractivity contribution in [2.75, 3.05) is 0 Å². The highest BCUT2D eigenvalue weighted by molar-refractivity contribution is 5.88. The summed E-state index contributed by atoms with van der Waals surface area (Å²) in [5, 5.41) is 8.86. The van der Waals surface area contributed by atoms with Crippen LogP contribution >= 0.6 is 0 Å². The van der Waals surface area contributed by atoms with Gasteiger partial charge >= 0.3 is 5.97 Å². The van der Waals surface area contributed by atoms with E-state index in [1.54, 1.807) is 31.2 Å². The fraction of sp³-hybridized carbons (Fsp3) is 0.133. The lowest BCUT2D eigenvalue weighted by Crippen LogP contribution is -2.00. The van der Waals surface area contributed by atoms with Crippen LogP contribution in [0.2, 0.25) is 0 Å². The molecule has 0 fully saturated rings. The van der Waals surface area contributed by atoms with E-state index in [4.69, 9.17) is 9.84 Å². The third-order valence-electron chi connectivity index (χ3n) is 2.71. The number of benzene rings is 2. The van der Waals surface area contributed by atoms with Gasteiger partial charge in [0, 0.05) is 0 Å². The van der Waals surface area contributed by atoms with Crippen molar-refractivity contribution in [3.8, 4) is 5.75 Å². The smallest absolute Gasteiger partial charge is 0.335 e. The number of carboxylic acids is 1. The first-order chi connectivity index (χ1) is 9.06. The Kier molecular flexibility index (Phi) is 3.80. The van der Waals surface area contributed by atoms with E-state index in [9.17, 15) is 9.18 Å². The Balaban J connectivity index is 2.10. The lowest BCUT2D eigenvalue weighted by Gasteiger charge is -2.09. The Hall–Kier alpha value is -2.36. The van der Waals surface area contributed by atoms with Crippen molar-refractivity contribution in [1.29, 1.82) is 0 Å². The molecule has 0 aliphatic rings. The Labute approximate surface area is 110 Å². The predicted molar refractivity (Wildman–Crippen MR) is 68.9 cm³/mol. The predicted octanol–water partition coefficient (Wildman–Crippen LogP) is 3.41. The highest BCUT2D eigenvalue weighted by Gasteiger charge is 2.06. The van der Waals surface area contributed by atoms with Crippen LogP contribution in [-0.4, -0.2) is 11.1 Å². The number of hydrogen-bond donors (Lipinski definition) is 1. The van der Waals surface area contributed by atoms with Gasteiger partial charge in [-0.1, -0.05) is 12.1 Å². The van der Waals surface area contributed by atoms with E-state index in [1.165, 1.54) is 18.2 Å². The zero-order valence-electron chi connectivity index (χ0n) is 10.4. The maximum absolute atomic E-state index is 13.0. The van der Waals surface area contributed by atoms with Gasteiger partial charge in [0.05, 0.1) is 5.56 Å². The lowest BCUT2D eigenvalue weighted by atomic mass is 10.1. The molecule has 0 saturated heterocycles. The van der Waals surface area contributed by atoms with Crippen molar-refractivity contribution in [2.45, 2.75) is 13.5 Å². The number of carbonyl (C=O) groups is 1. The van der Waals surface area contributed by atoms with Gasteiger partial charge in [0.15, 0.2) is 0 Å². The highest BCUT2D eigenvalue weighted by Crippen LogP contribution is 2.20. The van der Waals surface area contributed by atoms with Gasteiger partial charge in [-0.3, -0.25) is 0 Å². The normalized spacial score (nSPS) is 10.2. The van der Waals surface area contributed by atoms with E-state index < -0.39 is 5.97 Å². The monoisotopic (exact) mass is 260 g/mol. The Morgan fingerprint density at radius 3 is 2.68 bits per heavy atom. The van der Waals surface area contributed by atoms with Gasteiger partial charge in [-0.15, -0.1) is 0 Å². The second-order valence-corrected chi connectivity index (χ2v) is 4.20.